The fourth-order valence-corrected chi connectivity index (χ4v) is 4.54. The minimum Gasteiger partial charge on any atom is -0.310 e. The van der Waals surface area contributed by atoms with Gasteiger partial charge in [0.05, 0.1) is 5.69 Å². The van der Waals surface area contributed by atoms with Crippen LogP contribution in [0.2, 0.25) is 0 Å². The highest BCUT2D eigenvalue weighted by atomic mass is 32.2. The normalized spacial score (nSPS) is 26.6. The molecule has 1 N–H and O–H groups in total. The lowest BCUT2D eigenvalue weighted by Gasteiger charge is -2.36. The molecule has 1 aromatic rings. The van der Waals surface area contributed by atoms with E-state index in [1.54, 1.807) is 11.8 Å². The first-order valence-corrected chi connectivity index (χ1v) is 8.80. The quantitative estimate of drug-likeness (QED) is 0.855. The summed E-state index contributed by atoms with van der Waals surface area (Å²) in [5, 5.41) is 0. The van der Waals surface area contributed by atoms with Crippen molar-refractivity contribution in [2.75, 3.05) is 0 Å². The number of aromatic amines is 1. The molecule has 4 heteroatoms. The van der Waals surface area contributed by atoms with Crippen molar-refractivity contribution in [1.29, 1.82) is 0 Å². The molecular weight excluding hydrogens is 268 g/mol. The highest BCUT2D eigenvalue weighted by Crippen LogP contribution is 2.42. The molecule has 3 rings (SSSR count). The summed E-state index contributed by atoms with van der Waals surface area (Å²) in [5.41, 5.74) is 2.45. The highest BCUT2D eigenvalue weighted by molar-refractivity contribution is 7.98. The van der Waals surface area contributed by atoms with Crippen LogP contribution in [-0.2, 0) is 11.5 Å². The lowest BCUT2D eigenvalue weighted by molar-refractivity contribution is 0.167. The van der Waals surface area contributed by atoms with Crippen molar-refractivity contribution < 1.29 is 0 Å². The molecular formula is C16H24N2OS. The maximum atomic E-state index is 12.1. The van der Waals surface area contributed by atoms with E-state index in [0.717, 1.165) is 47.3 Å². The number of H-pyrrole nitrogens is 1. The highest BCUT2D eigenvalue weighted by Gasteiger charge is 2.31. The van der Waals surface area contributed by atoms with Crippen molar-refractivity contribution in [2.24, 2.45) is 11.3 Å². The number of hydrogen-bond donors (Lipinski definition) is 1. The first-order valence-electron chi connectivity index (χ1n) is 7.65. The maximum absolute atomic E-state index is 12.1. The first-order chi connectivity index (χ1) is 9.45. The van der Waals surface area contributed by atoms with Gasteiger partial charge in [0.15, 0.2) is 0 Å². The minimum atomic E-state index is 0.105. The molecule has 0 bridgehead atoms. The van der Waals surface area contributed by atoms with Gasteiger partial charge in [0.2, 0.25) is 0 Å². The number of fused-ring (bicyclic) bond motifs is 1. The van der Waals surface area contributed by atoms with E-state index in [0.29, 0.717) is 11.3 Å². The third-order valence-corrected chi connectivity index (χ3v) is 5.91. The molecule has 110 valence electrons. The molecule has 0 atom stereocenters. The second-order valence-electron chi connectivity index (χ2n) is 7.28. The summed E-state index contributed by atoms with van der Waals surface area (Å²) in [6.07, 6.45) is 4.83. The molecule has 2 heterocycles. The van der Waals surface area contributed by atoms with E-state index in [2.05, 4.69) is 25.8 Å². The van der Waals surface area contributed by atoms with Crippen LogP contribution in [-0.4, -0.2) is 9.97 Å². The van der Waals surface area contributed by atoms with Crippen LogP contribution >= 0.6 is 11.8 Å². The van der Waals surface area contributed by atoms with Crippen molar-refractivity contribution in [2.45, 2.75) is 63.9 Å². The molecule has 0 saturated heterocycles. The molecule has 0 aromatic carbocycles. The summed E-state index contributed by atoms with van der Waals surface area (Å²) in [6.45, 7) is 7.01. The average Bonchev–Trinajstić information content (AvgIpc) is 2.86. The predicted octanol–water partition coefficient (Wildman–Crippen LogP) is 3.84. The Balaban J connectivity index is 1.76. The third-order valence-electron chi connectivity index (χ3n) is 4.94. The zero-order valence-corrected chi connectivity index (χ0v) is 13.5. The molecule has 0 amide bonds. The molecule has 1 aromatic heterocycles. The smallest absolute Gasteiger partial charge is 0.255 e. The molecule has 0 spiro atoms. The topological polar surface area (TPSA) is 45.8 Å². The minimum absolute atomic E-state index is 0.105. The molecule has 3 nitrogen and oxygen atoms in total. The van der Waals surface area contributed by atoms with Crippen LogP contribution in [0, 0.1) is 11.3 Å². The molecule has 0 radical (unpaired) electrons. The summed E-state index contributed by atoms with van der Waals surface area (Å²) in [7, 11) is 0. The van der Waals surface area contributed by atoms with Crippen molar-refractivity contribution in [3.05, 3.63) is 27.4 Å². The number of nitrogens with zero attached hydrogens (tertiary/aromatic N) is 1. The molecule has 2 aliphatic rings. The van der Waals surface area contributed by atoms with Gasteiger partial charge in [0.1, 0.15) is 5.82 Å². The van der Waals surface area contributed by atoms with Crippen LogP contribution < -0.4 is 5.56 Å². The van der Waals surface area contributed by atoms with E-state index in [1.807, 2.05) is 0 Å². The van der Waals surface area contributed by atoms with Gasteiger partial charge in [-0.25, -0.2) is 4.98 Å². The molecule has 20 heavy (non-hydrogen) atoms. The lowest BCUT2D eigenvalue weighted by atomic mass is 9.69. The molecule has 0 unspecified atom stereocenters. The van der Waals surface area contributed by atoms with Crippen molar-refractivity contribution in [3.63, 3.8) is 0 Å². The SMILES string of the molecule is CC(C)(C)C1CCC(c2nc3c(c(=O)[nH]2)CSC3)CC1. The zero-order chi connectivity index (χ0) is 14.3. The summed E-state index contributed by atoms with van der Waals surface area (Å²) in [4.78, 5) is 19.9. The number of hydrogen-bond acceptors (Lipinski definition) is 3. The summed E-state index contributed by atoms with van der Waals surface area (Å²) in [6, 6.07) is 0. The summed E-state index contributed by atoms with van der Waals surface area (Å²) < 4.78 is 0. The van der Waals surface area contributed by atoms with Crippen LogP contribution in [0.5, 0.6) is 0 Å². The number of nitrogens with one attached hydrogen (secondary N) is 1. The predicted molar refractivity (Wildman–Crippen MR) is 84.0 cm³/mol. The van der Waals surface area contributed by atoms with Gasteiger partial charge < -0.3 is 4.98 Å². The van der Waals surface area contributed by atoms with Gasteiger partial charge in [-0.15, -0.1) is 0 Å². The van der Waals surface area contributed by atoms with E-state index in [4.69, 9.17) is 4.98 Å². The van der Waals surface area contributed by atoms with Crippen molar-refractivity contribution in [1.82, 2.24) is 9.97 Å². The molecule has 1 aliphatic carbocycles. The Morgan fingerprint density at radius 2 is 1.85 bits per heavy atom. The van der Waals surface area contributed by atoms with E-state index in [1.165, 1.54) is 12.8 Å². The Morgan fingerprint density at radius 3 is 2.50 bits per heavy atom. The second-order valence-corrected chi connectivity index (χ2v) is 8.27. The Kier molecular flexibility index (Phi) is 3.69. The van der Waals surface area contributed by atoms with Crippen LogP contribution in [0.15, 0.2) is 4.79 Å². The second kappa shape index (κ2) is 5.21. The first kappa shape index (κ1) is 14.2. The van der Waals surface area contributed by atoms with Crippen LogP contribution in [0.3, 0.4) is 0 Å². The Bertz CT molecular complexity index is 551. The van der Waals surface area contributed by atoms with Crippen molar-refractivity contribution >= 4 is 11.8 Å². The van der Waals surface area contributed by atoms with E-state index >= 15 is 0 Å². The fraction of sp³-hybridized carbons (Fsp3) is 0.750. The van der Waals surface area contributed by atoms with Gasteiger partial charge in [-0.2, -0.15) is 11.8 Å². The van der Waals surface area contributed by atoms with Gasteiger partial charge in [-0.1, -0.05) is 20.8 Å². The Hall–Kier alpha value is -0.770. The summed E-state index contributed by atoms with van der Waals surface area (Å²) in [5.74, 6) is 3.94. The van der Waals surface area contributed by atoms with E-state index in [-0.39, 0.29) is 5.56 Å². The van der Waals surface area contributed by atoms with Gasteiger partial charge >= 0.3 is 0 Å². The average molecular weight is 292 g/mol. The lowest BCUT2D eigenvalue weighted by Crippen LogP contribution is -2.27. The van der Waals surface area contributed by atoms with E-state index in [9.17, 15) is 4.79 Å². The largest absolute Gasteiger partial charge is 0.310 e. The zero-order valence-electron chi connectivity index (χ0n) is 12.7. The van der Waals surface area contributed by atoms with Crippen molar-refractivity contribution in [3.8, 4) is 0 Å². The van der Waals surface area contributed by atoms with Gasteiger partial charge in [-0.3, -0.25) is 4.79 Å². The Labute approximate surface area is 125 Å². The van der Waals surface area contributed by atoms with Crippen LogP contribution in [0.25, 0.3) is 0 Å². The third kappa shape index (κ3) is 2.67. The fourth-order valence-electron chi connectivity index (χ4n) is 3.51. The molecule has 1 aliphatic heterocycles. The van der Waals surface area contributed by atoms with Crippen LogP contribution in [0.1, 0.15) is 69.5 Å². The molecule has 1 fully saturated rings. The Morgan fingerprint density at radius 1 is 1.15 bits per heavy atom. The standard InChI is InChI=1S/C16H24N2OS/c1-16(2,3)11-6-4-10(5-7-11)14-17-13-9-20-8-12(13)15(19)18-14/h10-11H,4-9H2,1-3H3,(H,17,18,19). The number of thioether (sulfide) groups is 1. The number of aromatic nitrogens is 2. The summed E-state index contributed by atoms with van der Waals surface area (Å²) >= 11 is 1.79. The van der Waals surface area contributed by atoms with Gasteiger partial charge in [0, 0.05) is 23.0 Å². The van der Waals surface area contributed by atoms with E-state index < -0.39 is 0 Å². The van der Waals surface area contributed by atoms with Gasteiger partial charge in [-0.05, 0) is 37.0 Å². The van der Waals surface area contributed by atoms with Gasteiger partial charge in [0.25, 0.3) is 5.56 Å². The molecule has 1 saturated carbocycles. The monoisotopic (exact) mass is 292 g/mol. The maximum Gasteiger partial charge on any atom is 0.255 e. The number of rotatable bonds is 1. The van der Waals surface area contributed by atoms with Crippen LogP contribution in [0.4, 0.5) is 0 Å².